The zero-order valence-corrected chi connectivity index (χ0v) is 19.1. The molecule has 0 aliphatic carbocycles. The third-order valence-corrected chi connectivity index (χ3v) is 9.75. The summed E-state index contributed by atoms with van der Waals surface area (Å²) in [5.74, 6) is 0. The topological polar surface area (TPSA) is 55.4 Å². The zero-order chi connectivity index (χ0) is 21.3. The van der Waals surface area contributed by atoms with Gasteiger partial charge in [-0.2, -0.15) is 8.78 Å². The molecule has 0 saturated heterocycles. The molecular weight excluding hydrogens is 425 g/mol. The lowest BCUT2D eigenvalue weighted by molar-refractivity contribution is -0.0729. The highest BCUT2D eigenvalue weighted by atomic mass is 35.5. The average molecular weight is 451 g/mol. The Hall–Kier alpha value is -0.506. The van der Waals surface area contributed by atoms with Crippen LogP contribution in [0, 0.1) is 0 Å². The fourth-order valence-electron chi connectivity index (χ4n) is 2.19. The second-order valence-electron chi connectivity index (χ2n) is 5.06. The standard InChI is InChI=1S/C9H13ClO3Si.C6H13F3O3Si/c1-11-14(12-2,13-3)9-7-5-4-6-8(9)10;1-5(7)6(8,9)13(10-2,11-3)12-4/h4-7H,1-3H3;5H,1-4H3. The number of benzene rings is 1. The smallest absolute Gasteiger partial charge is 0.373 e. The molecule has 0 amide bonds. The van der Waals surface area contributed by atoms with Gasteiger partial charge in [-0.15, -0.1) is 0 Å². The Bertz CT molecular complexity index is 544. The van der Waals surface area contributed by atoms with E-state index in [0.29, 0.717) is 5.02 Å². The van der Waals surface area contributed by atoms with Crippen LogP contribution in [0.25, 0.3) is 0 Å². The highest BCUT2D eigenvalue weighted by molar-refractivity contribution is 6.77. The molecule has 0 radical (unpaired) electrons. The van der Waals surface area contributed by atoms with Crippen LogP contribution in [0.15, 0.2) is 24.3 Å². The van der Waals surface area contributed by atoms with Gasteiger partial charge in [-0.05, 0) is 13.0 Å². The van der Waals surface area contributed by atoms with Gasteiger partial charge >= 0.3 is 23.2 Å². The molecule has 12 heteroatoms. The van der Waals surface area contributed by atoms with Crippen LogP contribution in [-0.4, -0.2) is 72.0 Å². The third kappa shape index (κ3) is 5.74. The lowest BCUT2D eigenvalue weighted by atomic mass is 10.4. The summed E-state index contributed by atoms with van der Waals surface area (Å²) in [6.45, 7) is 0.735. The van der Waals surface area contributed by atoms with Gasteiger partial charge < -0.3 is 26.6 Å². The minimum absolute atomic E-state index is 0.602. The molecule has 1 aromatic carbocycles. The fraction of sp³-hybridized carbons (Fsp3) is 0.600. The lowest BCUT2D eigenvalue weighted by Gasteiger charge is -2.32. The van der Waals surface area contributed by atoms with Gasteiger partial charge in [0.25, 0.3) is 0 Å². The SMILES string of the molecule is CO[Si](OC)(OC)C(F)(F)C(C)F.CO[Si](OC)(OC)c1ccccc1Cl. The minimum atomic E-state index is -4.22. The maximum Gasteiger partial charge on any atom is 0.577 e. The van der Waals surface area contributed by atoms with E-state index >= 15 is 0 Å². The molecule has 1 atom stereocenters. The Labute approximate surface area is 165 Å². The van der Waals surface area contributed by atoms with Crippen LogP contribution >= 0.6 is 11.6 Å². The Morgan fingerprint density at radius 1 is 0.852 bits per heavy atom. The van der Waals surface area contributed by atoms with Crippen molar-refractivity contribution in [3.63, 3.8) is 0 Å². The highest BCUT2D eigenvalue weighted by Gasteiger charge is 2.66. The Morgan fingerprint density at radius 3 is 1.52 bits per heavy atom. The molecule has 0 spiro atoms. The van der Waals surface area contributed by atoms with Crippen LogP contribution in [0.3, 0.4) is 0 Å². The zero-order valence-electron chi connectivity index (χ0n) is 16.3. The first-order chi connectivity index (χ1) is 12.6. The van der Waals surface area contributed by atoms with Crippen molar-refractivity contribution in [2.75, 3.05) is 42.7 Å². The summed E-state index contributed by atoms with van der Waals surface area (Å²) in [6, 6.07) is 7.37. The van der Waals surface area contributed by atoms with Crippen molar-refractivity contribution in [2.24, 2.45) is 0 Å². The number of hydrogen-bond acceptors (Lipinski definition) is 6. The molecule has 0 aromatic heterocycles. The second kappa shape index (κ2) is 11.5. The van der Waals surface area contributed by atoms with Crippen molar-refractivity contribution in [3.8, 4) is 0 Å². The molecule has 158 valence electrons. The molecule has 0 saturated carbocycles. The summed E-state index contributed by atoms with van der Waals surface area (Å²) in [7, 11) is 0.716. The predicted octanol–water partition coefficient (Wildman–Crippen LogP) is 2.82. The monoisotopic (exact) mass is 450 g/mol. The first-order valence-corrected chi connectivity index (χ1v) is 11.5. The van der Waals surface area contributed by atoms with E-state index in [1.165, 1.54) is 0 Å². The first kappa shape index (κ1) is 26.5. The minimum Gasteiger partial charge on any atom is -0.373 e. The molecule has 1 aromatic rings. The lowest BCUT2D eigenvalue weighted by Crippen LogP contribution is -2.62. The maximum atomic E-state index is 13.2. The van der Waals surface area contributed by atoms with Crippen LogP contribution in [0.5, 0.6) is 0 Å². The molecule has 0 fully saturated rings. The second-order valence-corrected chi connectivity index (χ2v) is 11.3. The van der Waals surface area contributed by atoms with Crippen molar-refractivity contribution in [1.29, 1.82) is 0 Å². The number of rotatable bonds is 9. The van der Waals surface area contributed by atoms with Gasteiger partial charge in [0.2, 0.25) is 0 Å². The van der Waals surface area contributed by atoms with Gasteiger partial charge in [-0.25, -0.2) is 4.39 Å². The van der Waals surface area contributed by atoms with Crippen LogP contribution in [0.2, 0.25) is 5.02 Å². The van der Waals surface area contributed by atoms with E-state index < -0.39 is 29.3 Å². The van der Waals surface area contributed by atoms with Crippen molar-refractivity contribution in [3.05, 3.63) is 29.3 Å². The van der Waals surface area contributed by atoms with Crippen molar-refractivity contribution >= 4 is 34.4 Å². The normalized spacial score (nSPS) is 13.7. The van der Waals surface area contributed by atoms with Gasteiger partial charge in [-0.1, -0.05) is 29.8 Å². The van der Waals surface area contributed by atoms with E-state index in [2.05, 4.69) is 13.3 Å². The molecule has 27 heavy (non-hydrogen) atoms. The van der Waals surface area contributed by atoms with E-state index in [1.54, 1.807) is 27.4 Å². The van der Waals surface area contributed by atoms with Crippen molar-refractivity contribution < 1.29 is 39.7 Å². The van der Waals surface area contributed by atoms with Crippen LogP contribution < -0.4 is 5.19 Å². The van der Waals surface area contributed by atoms with E-state index in [1.807, 2.05) is 18.2 Å². The largest absolute Gasteiger partial charge is 0.577 e. The van der Waals surface area contributed by atoms with Gasteiger partial charge in [0.1, 0.15) is 0 Å². The van der Waals surface area contributed by atoms with Gasteiger partial charge in [0, 0.05) is 52.9 Å². The van der Waals surface area contributed by atoms with E-state index in [4.69, 9.17) is 24.9 Å². The van der Waals surface area contributed by atoms with Crippen molar-refractivity contribution in [2.45, 2.75) is 18.6 Å². The summed E-state index contributed by atoms with van der Waals surface area (Å²) in [6.07, 6.45) is -2.38. The Balaban J connectivity index is 0.000000503. The average Bonchev–Trinajstić information content (AvgIpc) is 2.67. The summed E-state index contributed by atoms with van der Waals surface area (Å²) >= 11 is 6.04. The van der Waals surface area contributed by atoms with Crippen molar-refractivity contribution in [1.82, 2.24) is 0 Å². The number of hydrogen-bond donors (Lipinski definition) is 0. The molecule has 0 N–H and O–H groups in total. The molecule has 0 heterocycles. The van der Waals surface area contributed by atoms with Crippen LogP contribution in [0.4, 0.5) is 13.2 Å². The molecule has 0 bridgehead atoms. The van der Waals surface area contributed by atoms with Gasteiger partial charge in [0.15, 0.2) is 6.17 Å². The quantitative estimate of drug-likeness (QED) is 0.539. The summed E-state index contributed by atoms with van der Waals surface area (Å²) in [5.41, 5.74) is -3.73. The van der Waals surface area contributed by atoms with E-state index in [-0.39, 0.29) is 0 Å². The van der Waals surface area contributed by atoms with Crippen LogP contribution in [-0.2, 0) is 26.6 Å². The maximum absolute atomic E-state index is 13.2. The molecule has 6 nitrogen and oxygen atoms in total. The number of alkyl halides is 3. The number of halogens is 4. The van der Waals surface area contributed by atoms with Gasteiger partial charge in [-0.3, -0.25) is 0 Å². The summed E-state index contributed by atoms with van der Waals surface area (Å²) < 4.78 is 68.3. The first-order valence-electron chi connectivity index (χ1n) is 7.65. The summed E-state index contributed by atoms with van der Waals surface area (Å²) in [5, 5.41) is 1.39. The van der Waals surface area contributed by atoms with Crippen LogP contribution in [0.1, 0.15) is 6.92 Å². The third-order valence-electron chi connectivity index (χ3n) is 3.72. The highest BCUT2D eigenvalue weighted by Crippen LogP contribution is 2.33. The molecule has 1 unspecified atom stereocenters. The molecule has 1 rings (SSSR count). The summed E-state index contributed by atoms with van der Waals surface area (Å²) in [4.78, 5) is 0. The van der Waals surface area contributed by atoms with Gasteiger partial charge in [0.05, 0.1) is 0 Å². The molecule has 0 aliphatic rings. The Morgan fingerprint density at radius 2 is 1.26 bits per heavy atom. The Kier molecular flexibility index (Phi) is 11.3. The van der Waals surface area contributed by atoms with E-state index in [9.17, 15) is 13.2 Å². The fourth-order valence-corrected chi connectivity index (χ4v) is 6.31. The molecule has 0 aliphatic heterocycles. The predicted molar refractivity (Wildman–Crippen MR) is 100 cm³/mol. The molecular formula is C15H26ClF3O6Si2. The van der Waals surface area contributed by atoms with E-state index in [0.717, 1.165) is 33.4 Å².